The quantitative estimate of drug-likeness (QED) is 0.844. The number of carbonyl (C=O) groups excluding carboxylic acids is 1. The van der Waals surface area contributed by atoms with E-state index >= 15 is 0 Å². The van der Waals surface area contributed by atoms with Gasteiger partial charge in [0.25, 0.3) is 5.91 Å². The molecule has 2 aromatic heterocycles. The Kier molecular flexibility index (Phi) is 3.52. The maximum absolute atomic E-state index is 11.8. The minimum absolute atomic E-state index is 0.263. The van der Waals surface area contributed by atoms with Crippen LogP contribution in [0.15, 0.2) is 41.5 Å². The molecule has 0 radical (unpaired) electrons. The third kappa shape index (κ3) is 3.04. The van der Waals surface area contributed by atoms with Gasteiger partial charge in [-0.15, -0.1) is 0 Å². The summed E-state index contributed by atoms with van der Waals surface area (Å²) in [5, 5.41) is 2.75. The van der Waals surface area contributed by atoms with Crippen molar-refractivity contribution < 1.29 is 4.79 Å². The molecule has 0 fully saturated rings. The number of hydrogen-bond acceptors (Lipinski definition) is 3. The molecule has 2 heterocycles. The van der Waals surface area contributed by atoms with Crippen molar-refractivity contribution in [2.75, 3.05) is 0 Å². The Morgan fingerprint density at radius 2 is 2.06 bits per heavy atom. The van der Waals surface area contributed by atoms with E-state index in [1.54, 1.807) is 25.4 Å². The predicted octanol–water partition coefficient (Wildman–Crippen LogP) is 1.01. The lowest BCUT2D eigenvalue weighted by atomic mass is 10.2. The largest absolute Gasteiger partial charge is 0.348 e. The van der Waals surface area contributed by atoms with Gasteiger partial charge in [0.1, 0.15) is 0 Å². The zero-order valence-corrected chi connectivity index (χ0v) is 9.93. The second-order valence-corrected chi connectivity index (χ2v) is 3.95. The van der Waals surface area contributed by atoms with Crippen LogP contribution in [0.2, 0.25) is 0 Å². The minimum atomic E-state index is -0.274. The second kappa shape index (κ2) is 5.27. The van der Waals surface area contributed by atoms with Gasteiger partial charge < -0.3 is 10.3 Å². The van der Waals surface area contributed by atoms with Gasteiger partial charge in [-0.1, -0.05) is 0 Å². The van der Waals surface area contributed by atoms with E-state index in [4.69, 9.17) is 0 Å². The smallest absolute Gasteiger partial charge is 0.251 e. The van der Waals surface area contributed by atoms with Crippen LogP contribution < -0.4 is 10.9 Å². The van der Waals surface area contributed by atoms with E-state index in [-0.39, 0.29) is 11.5 Å². The summed E-state index contributed by atoms with van der Waals surface area (Å²) >= 11 is 0. The first-order chi connectivity index (χ1) is 8.65. The molecular formula is C13H13N3O2. The third-order valence-electron chi connectivity index (χ3n) is 2.44. The first-order valence-corrected chi connectivity index (χ1v) is 5.53. The Balaban J connectivity index is 2.06. The summed E-state index contributed by atoms with van der Waals surface area (Å²) < 4.78 is 0. The summed E-state index contributed by atoms with van der Waals surface area (Å²) in [6.45, 7) is 2.15. The van der Waals surface area contributed by atoms with E-state index in [1.165, 1.54) is 6.07 Å². The lowest BCUT2D eigenvalue weighted by Crippen LogP contribution is -2.24. The molecular weight excluding hydrogens is 230 g/mol. The number of pyridine rings is 2. The van der Waals surface area contributed by atoms with Crippen LogP contribution in [0.4, 0.5) is 0 Å². The molecule has 5 nitrogen and oxygen atoms in total. The molecule has 0 bridgehead atoms. The SMILES string of the molecule is Cc1cc(C(=O)NCc2ccncc2)cc(=O)[nH]1. The summed E-state index contributed by atoms with van der Waals surface area (Å²) in [4.78, 5) is 29.6. The van der Waals surface area contributed by atoms with Gasteiger partial charge in [-0.05, 0) is 30.7 Å². The van der Waals surface area contributed by atoms with Crippen molar-refractivity contribution in [2.24, 2.45) is 0 Å². The van der Waals surface area contributed by atoms with Gasteiger partial charge in [-0.2, -0.15) is 0 Å². The molecule has 0 saturated heterocycles. The lowest BCUT2D eigenvalue weighted by Gasteiger charge is -2.05. The van der Waals surface area contributed by atoms with Crippen LogP contribution in [0.1, 0.15) is 21.6 Å². The van der Waals surface area contributed by atoms with Crippen molar-refractivity contribution in [2.45, 2.75) is 13.5 Å². The third-order valence-corrected chi connectivity index (χ3v) is 2.44. The van der Waals surface area contributed by atoms with E-state index in [0.29, 0.717) is 17.8 Å². The molecule has 2 rings (SSSR count). The van der Waals surface area contributed by atoms with Crippen LogP contribution in [0.5, 0.6) is 0 Å². The predicted molar refractivity (Wildman–Crippen MR) is 67.2 cm³/mol. The molecule has 0 atom stereocenters. The summed E-state index contributed by atoms with van der Waals surface area (Å²) in [5.41, 5.74) is 1.71. The van der Waals surface area contributed by atoms with Crippen LogP contribution in [0, 0.1) is 6.92 Å². The maximum atomic E-state index is 11.8. The maximum Gasteiger partial charge on any atom is 0.251 e. The highest BCUT2D eigenvalue weighted by atomic mass is 16.2. The normalized spacial score (nSPS) is 10.1. The van der Waals surface area contributed by atoms with Crippen molar-refractivity contribution in [1.29, 1.82) is 0 Å². The summed E-state index contributed by atoms with van der Waals surface area (Å²) in [6.07, 6.45) is 3.33. The Bertz CT molecular complexity index is 605. The summed E-state index contributed by atoms with van der Waals surface area (Å²) in [5.74, 6) is -0.263. The number of nitrogens with one attached hydrogen (secondary N) is 2. The fourth-order valence-corrected chi connectivity index (χ4v) is 1.60. The molecule has 0 aliphatic rings. The number of nitrogens with zero attached hydrogens (tertiary/aromatic N) is 1. The van der Waals surface area contributed by atoms with Crippen molar-refractivity contribution in [3.8, 4) is 0 Å². The Morgan fingerprint density at radius 3 is 2.72 bits per heavy atom. The number of hydrogen-bond donors (Lipinski definition) is 2. The topological polar surface area (TPSA) is 74.8 Å². The molecule has 0 unspecified atom stereocenters. The highest BCUT2D eigenvalue weighted by molar-refractivity contribution is 5.94. The summed E-state index contributed by atoms with van der Waals surface area (Å²) in [6, 6.07) is 6.57. The first-order valence-electron chi connectivity index (χ1n) is 5.53. The fourth-order valence-electron chi connectivity index (χ4n) is 1.60. The molecule has 0 spiro atoms. The number of rotatable bonds is 3. The van der Waals surface area contributed by atoms with Crippen LogP contribution in [0.3, 0.4) is 0 Å². The molecule has 92 valence electrons. The van der Waals surface area contributed by atoms with Gasteiger partial charge >= 0.3 is 0 Å². The molecule has 1 amide bonds. The van der Waals surface area contributed by atoms with E-state index in [2.05, 4.69) is 15.3 Å². The molecule has 0 aliphatic carbocycles. The average molecular weight is 243 g/mol. The van der Waals surface area contributed by atoms with Gasteiger partial charge in [-0.3, -0.25) is 14.6 Å². The van der Waals surface area contributed by atoms with Crippen molar-refractivity contribution in [3.05, 3.63) is 63.8 Å². The van der Waals surface area contributed by atoms with Crippen molar-refractivity contribution >= 4 is 5.91 Å². The summed E-state index contributed by atoms with van der Waals surface area (Å²) in [7, 11) is 0. The number of H-pyrrole nitrogens is 1. The second-order valence-electron chi connectivity index (χ2n) is 3.95. The molecule has 5 heteroatoms. The number of aromatic amines is 1. The first kappa shape index (κ1) is 12.0. The highest BCUT2D eigenvalue weighted by Gasteiger charge is 2.06. The van der Waals surface area contributed by atoms with Crippen LogP contribution in [-0.2, 0) is 6.54 Å². The van der Waals surface area contributed by atoms with E-state index in [9.17, 15) is 9.59 Å². The fraction of sp³-hybridized carbons (Fsp3) is 0.154. The van der Waals surface area contributed by atoms with Crippen LogP contribution in [-0.4, -0.2) is 15.9 Å². The molecule has 2 N–H and O–H groups in total. The zero-order chi connectivity index (χ0) is 13.0. The number of aromatic nitrogens is 2. The van der Waals surface area contributed by atoms with Gasteiger partial charge in [0.2, 0.25) is 5.56 Å². The van der Waals surface area contributed by atoms with Gasteiger partial charge in [0, 0.05) is 36.3 Å². The van der Waals surface area contributed by atoms with E-state index in [0.717, 1.165) is 5.56 Å². The monoisotopic (exact) mass is 243 g/mol. The van der Waals surface area contributed by atoms with Crippen LogP contribution in [0.25, 0.3) is 0 Å². The highest BCUT2D eigenvalue weighted by Crippen LogP contribution is 2.00. The Hall–Kier alpha value is -2.43. The Labute approximate surface area is 104 Å². The molecule has 0 aliphatic heterocycles. The van der Waals surface area contributed by atoms with Gasteiger partial charge in [0.15, 0.2) is 0 Å². The lowest BCUT2D eigenvalue weighted by molar-refractivity contribution is 0.0950. The van der Waals surface area contributed by atoms with E-state index in [1.807, 2.05) is 12.1 Å². The molecule has 0 saturated carbocycles. The number of carbonyl (C=O) groups is 1. The molecule has 2 aromatic rings. The van der Waals surface area contributed by atoms with Crippen molar-refractivity contribution in [1.82, 2.24) is 15.3 Å². The van der Waals surface area contributed by atoms with Gasteiger partial charge in [-0.25, -0.2) is 0 Å². The zero-order valence-electron chi connectivity index (χ0n) is 9.93. The van der Waals surface area contributed by atoms with Crippen molar-refractivity contribution in [3.63, 3.8) is 0 Å². The number of amides is 1. The molecule has 18 heavy (non-hydrogen) atoms. The number of aryl methyl sites for hydroxylation is 1. The minimum Gasteiger partial charge on any atom is -0.348 e. The van der Waals surface area contributed by atoms with Crippen LogP contribution >= 0.6 is 0 Å². The van der Waals surface area contributed by atoms with Gasteiger partial charge in [0.05, 0.1) is 0 Å². The average Bonchev–Trinajstić information content (AvgIpc) is 2.36. The van der Waals surface area contributed by atoms with E-state index < -0.39 is 0 Å². The Morgan fingerprint density at radius 1 is 1.33 bits per heavy atom. The molecule has 0 aromatic carbocycles. The standard InChI is InChI=1S/C13H13N3O2/c1-9-6-11(7-12(17)16-9)13(18)15-8-10-2-4-14-5-3-10/h2-7H,8H2,1H3,(H,15,18)(H,16,17).